The Morgan fingerprint density at radius 2 is 2.16 bits per heavy atom. The summed E-state index contributed by atoms with van der Waals surface area (Å²) in [6.45, 7) is 4.14. The molecule has 5 nitrogen and oxygen atoms in total. The Hall–Kier alpha value is -2.26. The Bertz CT molecular complexity index is 815. The van der Waals surface area contributed by atoms with E-state index in [1.165, 1.54) is 43.1 Å². The molecule has 0 saturated heterocycles. The van der Waals surface area contributed by atoms with Crippen molar-refractivity contribution in [2.24, 2.45) is 0 Å². The predicted molar refractivity (Wildman–Crippen MR) is 99.7 cm³/mol. The summed E-state index contributed by atoms with van der Waals surface area (Å²) in [4.78, 5) is 16.9. The Labute approximate surface area is 152 Å². The first-order valence-electron chi connectivity index (χ1n) is 8.56. The lowest BCUT2D eigenvalue weighted by atomic mass is 10.2. The van der Waals surface area contributed by atoms with Crippen molar-refractivity contribution in [3.05, 3.63) is 41.2 Å². The maximum absolute atomic E-state index is 12.3. The van der Waals surface area contributed by atoms with Gasteiger partial charge in [-0.05, 0) is 44.9 Å². The molecule has 6 heteroatoms. The Morgan fingerprint density at radius 1 is 1.40 bits per heavy atom. The number of carbonyl (C=O) groups is 1. The van der Waals surface area contributed by atoms with E-state index in [1.54, 1.807) is 24.3 Å². The normalized spacial score (nSPS) is 14.4. The number of benzene rings is 1. The van der Waals surface area contributed by atoms with Crippen LogP contribution in [0.2, 0.25) is 0 Å². The number of rotatable bonds is 5. The van der Waals surface area contributed by atoms with Crippen LogP contribution in [-0.2, 0) is 4.79 Å². The van der Waals surface area contributed by atoms with Gasteiger partial charge in [0.05, 0.1) is 23.1 Å². The van der Waals surface area contributed by atoms with Crippen LogP contribution >= 0.6 is 11.8 Å². The minimum Gasteiger partial charge on any atom is -0.325 e. The van der Waals surface area contributed by atoms with E-state index in [-0.39, 0.29) is 5.91 Å². The molecule has 1 saturated carbocycles. The summed E-state index contributed by atoms with van der Waals surface area (Å²) in [7, 11) is 0. The second-order valence-electron chi connectivity index (χ2n) is 6.40. The van der Waals surface area contributed by atoms with E-state index >= 15 is 0 Å². The minimum absolute atomic E-state index is 0.0867. The molecule has 25 heavy (non-hydrogen) atoms. The van der Waals surface area contributed by atoms with Crippen molar-refractivity contribution in [1.82, 2.24) is 9.55 Å². The average Bonchev–Trinajstić information content (AvgIpc) is 3.22. The molecule has 0 unspecified atom stereocenters. The number of aromatic nitrogens is 2. The third-order valence-electron chi connectivity index (χ3n) is 4.65. The Balaban J connectivity index is 1.66. The van der Waals surface area contributed by atoms with Gasteiger partial charge in [-0.1, -0.05) is 30.7 Å². The molecule has 0 aliphatic heterocycles. The largest absolute Gasteiger partial charge is 0.325 e. The van der Waals surface area contributed by atoms with Crippen molar-refractivity contribution in [2.75, 3.05) is 11.1 Å². The summed E-state index contributed by atoms with van der Waals surface area (Å²) in [5, 5.41) is 12.7. The van der Waals surface area contributed by atoms with Gasteiger partial charge in [0.2, 0.25) is 5.91 Å². The number of carbonyl (C=O) groups excluding carboxylic acids is 1. The fourth-order valence-corrected chi connectivity index (χ4v) is 4.24. The minimum atomic E-state index is -0.0867. The highest BCUT2D eigenvalue weighted by Gasteiger charge is 2.23. The molecule has 1 heterocycles. The first-order valence-corrected chi connectivity index (χ1v) is 9.55. The highest BCUT2D eigenvalue weighted by Crippen LogP contribution is 2.35. The molecule has 1 aromatic heterocycles. The fraction of sp³-hybridized carbons (Fsp3) is 0.421. The summed E-state index contributed by atoms with van der Waals surface area (Å²) in [6.07, 6.45) is 4.91. The number of nitrogens with one attached hydrogen (secondary N) is 1. The van der Waals surface area contributed by atoms with Crippen LogP contribution in [0.1, 0.15) is 48.7 Å². The van der Waals surface area contributed by atoms with Crippen molar-refractivity contribution in [1.29, 1.82) is 5.26 Å². The van der Waals surface area contributed by atoms with Crippen LogP contribution in [0.4, 0.5) is 5.69 Å². The number of thioether (sulfide) groups is 1. The molecule has 2 aromatic rings. The van der Waals surface area contributed by atoms with Crippen LogP contribution in [0.25, 0.3) is 0 Å². The molecular weight excluding hydrogens is 332 g/mol. The zero-order valence-electron chi connectivity index (χ0n) is 14.6. The lowest BCUT2D eigenvalue weighted by molar-refractivity contribution is -0.113. The maximum atomic E-state index is 12.3. The molecule has 0 bridgehead atoms. The van der Waals surface area contributed by atoms with Crippen LogP contribution in [0.3, 0.4) is 0 Å². The third-order valence-corrected chi connectivity index (χ3v) is 5.60. The van der Waals surface area contributed by atoms with Gasteiger partial charge in [0.1, 0.15) is 0 Å². The number of nitrogens with zero attached hydrogens (tertiary/aromatic N) is 3. The number of hydrogen-bond donors (Lipinski definition) is 1. The van der Waals surface area contributed by atoms with E-state index < -0.39 is 0 Å². The number of anilines is 1. The summed E-state index contributed by atoms with van der Waals surface area (Å²) in [5.74, 6) is 0.218. The number of nitriles is 1. The molecule has 1 N–H and O–H groups in total. The number of aryl methyl sites for hydroxylation is 1. The summed E-state index contributed by atoms with van der Waals surface area (Å²) >= 11 is 1.48. The van der Waals surface area contributed by atoms with E-state index in [9.17, 15) is 4.79 Å². The van der Waals surface area contributed by atoms with Gasteiger partial charge >= 0.3 is 0 Å². The zero-order valence-corrected chi connectivity index (χ0v) is 15.4. The van der Waals surface area contributed by atoms with Gasteiger partial charge in [0, 0.05) is 17.4 Å². The van der Waals surface area contributed by atoms with Crippen LogP contribution < -0.4 is 5.32 Å². The third kappa shape index (κ3) is 4.05. The Kier molecular flexibility index (Phi) is 5.44. The van der Waals surface area contributed by atoms with Gasteiger partial charge in [0.15, 0.2) is 5.16 Å². The van der Waals surface area contributed by atoms with Crippen molar-refractivity contribution in [2.45, 2.75) is 50.7 Å². The van der Waals surface area contributed by atoms with Gasteiger partial charge in [-0.25, -0.2) is 4.98 Å². The maximum Gasteiger partial charge on any atom is 0.234 e. The van der Waals surface area contributed by atoms with E-state index in [0.29, 0.717) is 23.0 Å². The van der Waals surface area contributed by atoms with Gasteiger partial charge in [-0.2, -0.15) is 5.26 Å². The molecule has 1 amide bonds. The molecule has 1 aromatic carbocycles. The lowest BCUT2D eigenvalue weighted by Gasteiger charge is -2.16. The van der Waals surface area contributed by atoms with E-state index in [4.69, 9.17) is 5.26 Å². The Morgan fingerprint density at radius 3 is 2.88 bits per heavy atom. The molecule has 3 rings (SSSR count). The van der Waals surface area contributed by atoms with Gasteiger partial charge < -0.3 is 9.88 Å². The molecule has 0 atom stereocenters. The summed E-state index contributed by atoms with van der Waals surface area (Å²) < 4.78 is 2.32. The van der Waals surface area contributed by atoms with Crippen molar-refractivity contribution in [3.63, 3.8) is 0 Å². The first kappa shape index (κ1) is 17.6. The molecule has 1 aliphatic carbocycles. The van der Waals surface area contributed by atoms with E-state index in [2.05, 4.69) is 27.9 Å². The summed E-state index contributed by atoms with van der Waals surface area (Å²) in [5.41, 5.74) is 3.43. The molecule has 1 aliphatic rings. The van der Waals surface area contributed by atoms with Gasteiger partial charge in [0.25, 0.3) is 0 Å². The smallest absolute Gasteiger partial charge is 0.234 e. The highest BCUT2D eigenvalue weighted by atomic mass is 32.2. The molecule has 1 fully saturated rings. The second-order valence-corrected chi connectivity index (χ2v) is 7.35. The molecular formula is C19H22N4OS. The SMILES string of the molecule is Cc1nc(SCC(=O)Nc2cccc(C#N)c2)n(C2CCCC2)c1C. The second kappa shape index (κ2) is 7.75. The van der Waals surface area contributed by atoms with Gasteiger partial charge in [-0.15, -0.1) is 0 Å². The molecule has 0 spiro atoms. The summed E-state index contributed by atoms with van der Waals surface area (Å²) in [6, 6.07) is 9.54. The lowest BCUT2D eigenvalue weighted by Crippen LogP contribution is -2.15. The standard InChI is InChI=1S/C19H22N4OS/c1-13-14(2)23(17-8-3-4-9-17)19(21-13)25-12-18(24)22-16-7-5-6-15(10-16)11-20/h5-7,10,17H,3-4,8-9,12H2,1-2H3,(H,22,24). The fourth-order valence-electron chi connectivity index (χ4n) is 3.28. The molecule has 130 valence electrons. The van der Waals surface area contributed by atoms with Crippen LogP contribution in [-0.4, -0.2) is 21.2 Å². The van der Waals surface area contributed by atoms with E-state index in [0.717, 1.165) is 10.9 Å². The first-order chi connectivity index (χ1) is 12.1. The van der Waals surface area contributed by atoms with Crippen molar-refractivity contribution < 1.29 is 4.79 Å². The van der Waals surface area contributed by atoms with Crippen molar-refractivity contribution >= 4 is 23.4 Å². The number of amides is 1. The quantitative estimate of drug-likeness (QED) is 0.816. The monoisotopic (exact) mass is 354 g/mol. The highest BCUT2D eigenvalue weighted by molar-refractivity contribution is 7.99. The van der Waals surface area contributed by atoms with Crippen LogP contribution in [0.5, 0.6) is 0 Å². The topological polar surface area (TPSA) is 70.7 Å². The van der Waals surface area contributed by atoms with Gasteiger partial charge in [-0.3, -0.25) is 4.79 Å². The number of imidazole rings is 1. The van der Waals surface area contributed by atoms with Crippen molar-refractivity contribution in [3.8, 4) is 6.07 Å². The zero-order chi connectivity index (χ0) is 17.8. The molecule has 0 radical (unpaired) electrons. The van der Waals surface area contributed by atoms with Crippen LogP contribution in [0.15, 0.2) is 29.4 Å². The predicted octanol–water partition coefficient (Wildman–Crippen LogP) is 4.22. The number of hydrogen-bond acceptors (Lipinski definition) is 4. The average molecular weight is 354 g/mol. The van der Waals surface area contributed by atoms with E-state index in [1.807, 2.05) is 6.92 Å². The van der Waals surface area contributed by atoms with Crippen LogP contribution in [0, 0.1) is 25.2 Å².